The fraction of sp³-hybridized carbons (Fsp3) is 0.400. The number of para-hydroxylation sites is 1. The van der Waals surface area contributed by atoms with E-state index in [0.29, 0.717) is 5.69 Å². The van der Waals surface area contributed by atoms with Crippen LogP contribution in [0.25, 0.3) is 0 Å². The number of carboxylic acid groups (broad SMARTS) is 1. The van der Waals surface area contributed by atoms with E-state index < -0.39 is 24.0 Å². The number of aliphatic carboxylic acids is 1. The lowest BCUT2D eigenvalue weighted by molar-refractivity contribution is -0.147. The summed E-state index contributed by atoms with van der Waals surface area (Å²) in [5, 5.41) is 11.9. The average molecular weight is 320 g/mol. The summed E-state index contributed by atoms with van der Waals surface area (Å²) in [5.41, 5.74) is 0.626. The summed E-state index contributed by atoms with van der Waals surface area (Å²) < 4.78 is 10.7. The first kappa shape index (κ1) is 15.3. The number of hydrogen-bond acceptors (Lipinski definition) is 5. The Balaban J connectivity index is 1.95. The molecule has 1 aromatic carbocycles. The predicted molar refractivity (Wildman–Crippen MR) is 78.4 cm³/mol. The maximum atomic E-state index is 12.8. The van der Waals surface area contributed by atoms with E-state index in [2.05, 4.69) is 5.32 Å². The van der Waals surface area contributed by atoms with Crippen LogP contribution in [-0.2, 0) is 14.3 Å². The number of rotatable bonds is 2. The van der Waals surface area contributed by atoms with Crippen molar-refractivity contribution in [2.24, 2.45) is 0 Å². The summed E-state index contributed by atoms with van der Waals surface area (Å²) in [7, 11) is 0. The maximum absolute atomic E-state index is 12.8. The lowest BCUT2D eigenvalue weighted by Crippen LogP contribution is -2.52. The van der Waals surface area contributed by atoms with Gasteiger partial charge in [0.1, 0.15) is 0 Å². The molecule has 2 aliphatic heterocycles. The van der Waals surface area contributed by atoms with Crippen LogP contribution in [0.2, 0.25) is 0 Å². The third-order valence-electron chi connectivity index (χ3n) is 3.84. The van der Waals surface area contributed by atoms with E-state index in [1.165, 1.54) is 4.90 Å². The van der Waals surface area contributed by atoms with E-state index in [1.54, 1.807) is 25.1 Å². The van der Waals surface area contributed by atoms with Crippen molar-refractivity contribution in [2.75, 3.05) is 25.1 Å². The second kappa shape index (κ2) is 5.88. The molecule has 8 heteroatoms. The zero-order valence-corrected chi connectivity index (χ0v) is 12.4. The van der Waals surface area contributed by atoms with Crippen LogP contribution in [0.15, 0.2) is 18.2 Å². The minimum atomic E-state index is -1.12. The summed E-state index contributed by atoms with van der Waals surface area (Å²) >= 11 is 0. The number of carboxylic acids is 1. The Kier molecular flexibility index (Phi) is 3.91. The molecule has 0 unspecified atom stereocenters. The van der Waals surface area contributed by atoms with Gasteiger partial charge in [-0.1, -0.05) is 6.07 Å². The maximum Gasteiger partial charge on any atom is 0.328 e. The molecule has 8 nitrogen and oxygen atoms in total. The third-order valence-corrected chi connectivity index (χ3v) is 3.84. The van der Waals surface area contributed by atoms with Crippen molar-refractivity contribution in [1.29, 1.82) is 0 Å². The van der Waals surface area contributed by atoms with Crippen LogP contribution >= 0.6 is 0 Å². The highest BCUT2D eigenvalue weighted by Crippen LogP contribution is 2.34. The van der Waals surface area contributed by atoms with Crippen molar-refractivity contribution in [2.45, 2.75) is 19.1 Å². The van der Waals surface area contributed by atoms with Crippen LogP contribution in [0.3, 0.4) is 0 Å². The Hall–Kier alpha value is -2.61. The molecule has 23 heavy (non-hydrogen) atoms. The zero-order valence-electron chi connectivity index (χ0n) is 12.4. The SMILES string of the molecule is C[C@H]1Oc2c(cccc2C(=O)N2CCOC[C@H]2C(=O)O)NC1=O. The van der Waals surface area contributed by atoms with Gasteiger partial charge in [-0.05, 0) is 19.1 Å². The topological polar surface area (TPSA) is 105 Å². The molecule has 1 fully saturated rings. The zero-order chi connectivity index (χ0) is 16.6. The number of anilines is 1. The van der Waals surface area contributed by atoms with Crippen LogP contribution in [0.4, 0.5) is 5.69 Å². The lowest BCUT2D eigenvalue weighted by Gasteiger charge is -2.34. The van der Waals surface area contributed by atoms with Crippen LogP contribution < -0.4 is 10.1 Å². The standard InChI is InChI=1S/C15H16N2O6/c1-8-13(18)16-10-4-2-3-9(12(10)23-8)14(19)17-5-6-22-7-11(17)15(20)21/h2-4,8,11H,5-7H2,1H3,(H,16,18)(H,20,21)/t8-,11+/m1/s1. The van der Waals surface area contributed by atoms with Gasteiger partial charge in [-0.2, -0.15) is 0 Å². The number of carbonyl (C=O) groups is 3. The van der Waals surface area contributed by atoms with Crippen molar-refractivity contribution >= 4 is 23.5 Å². The molecule has 0 aromatic heterocycles. The molecule has 122 valence electrons. The van der Waals surface area contributed by atoms with Gasteiger partial charge < -0.3 is 24.8 Å². The van der Waals surface area contributed by atoms with Gasteiger partial charge in [0.25, 0.3) is 11.8 Å². The van der Waals surface area contributed by atoms with Gasteiger partial charge in [0.05, 0.1) is 24.5 Å². The molecular weight excluding hydrogens is 304 g/mol. The molecule has 1 saturated heterocycles. The van der Waals surface area contributed by atoms with Gasteiger partial charge in [0.2, 0.25) is 0 Å². The third kappa shape index (κ3) is 2.72. The minimum absolute atomic E-state index is 0.0515. The molecular formula is C15H16N2O6. The van der Waals surface area contributed by atoms with E-state index >= 15 is 0 Å². The van der Waals surface area contributed by atoms with Crippen molar-refractivity contribution in [3.63, 3.8) is 0 Å². The Labute approximate surface area is 132 Å². The fourth-order valence-corrected chi connectivity index (χ4v) is 2.60. The molecule has 2 aliphatic rings. The highest BCUT2D eigenvalue weighted by atomic mass is 16.5. The molecule has 2 amide bonds. The number of amides is 2. The van der Waals surface area contributed by atoms with E-state index in [1.807, 2.05) is 0 Å². The normalized spacial score (nSPS) is 23.5. The Morgan fingerprint density at radius 2 is 2.17 bits per heavy atom. The van der Waals surface area contributed by atoms with E-state index in [9.17, 15) is 19.5 Å². The van der Waals surface area contributed by atoms with Crippen molar-refractivity contribution < 1.29 is 29.0 Å². The number of ether oxygens (including phenoxy) is 2. The van der Waals surface area contributed by atoms with Crippen LogP contribution in [0.1, 0.15) is 17.3 Å². The number of carbonyl (C=O) groups excluding carboxylic acids is 2. The summed E-state index contributed by atoms with van der Waals surface area (Å²) in [6, 6.07) is 3.76. The molecule has 1 aromatic rings. The first-order valence-corrected chi connectivity index (χ1v) is 7.21. The van der Waals surface area contributed by atoms with E-state index in [0.717, 1.165) is 0 Å². The average Bonchev–Trinajstić information content (AvgIpc) is 2.54. The smallest absolute Gasteiger partial charge is 0.328 e. The number of morpholine rings is 1. The van der Waals surface area contributed by atoms with Crippen LogP contribution in [0, 0.1) is 0 Å². The Morgan fingerprint density at radius 1 is 1.39 bits per heavy atom. The number of nitrogens with one attached hydrogen (secondary N) is 1. The summed E-state index contributed by atoms with van der Waals surface area (Å²) in [5.74, 6) is -1.61. The largest absolute Gasteiger partial charge is 0.480 e. The first-order chi connectivity index (χ1) is 11.0. The summed E-state index contributed by atoms with van der Waals surface area (Å²) in [6.45, 7) is 1.98. The monoisotopic (exact) mass is 320 g/mol. The van der Waals surface area contributed by atoms with Gasteiger partial charge in [0.15, 0.2) is 17.9 Å². The summed E-state index contributed by atoms with van der Waals surface area (Å²) in [4.78, 5) is 37.0. The Bertz CT molecular complexity index is 674. The molecule has 0 aliphatic carbocycles. The molecule has 2 atom stereocenters. The molecule has 0 saturated carbocycles. The number of nitrogens with zero attached hydrogens (tertiary/aromatic N) is 1. The number of fused-ring (bicyclic) bond motifs is 1. The quantitative estimate of drug-likeness (QED) is 0.814. The molecule has 2 heterocycles. The second-order valence-corrected chi connectivity index (χ2v) is 5.36. The van der Waals surface area contributed by atoms with Crippen molar-refractivity contribution in [3.05, 3.63) is 23.8 Å². The van der Waals surface area contributed by atoms with Gasteiger partial charge >= 0.3 is 5.97 Å². The van der Waals surface area contributed by atoms with Gasteiger partial charge in [-0.15, -0.1) is 0 Å². The number of hydrogen-bond donors (Lipinski definition) is 2. The lowest BCUT2D eigenvalue weighted by atomic mass is 10.1. The Morgan fingerprint density at radius 3 is 2.91 bits per heavy atom. The second-order valence-electron chi connectivity index (χ2n) is 5.36. The minimum Gasteiger partial charge on any atom is -0.480 e. The highest BCUT2D eigenvalue weighted by Gasteiger charge is 2.36. The molecule has 0 bridgehead atoms. The predicted octanol–water partition coefficient (Wildman–Crippen LogP) is 0.332. The fourth-order valence-electron chi connectivity index (χ4n) is 2.60. The molecule has 2 N–H and O–H groups in total. The van der Waals surface area contributed by atoms with Gasteiger partial charge in [-0.3, -0.25) is 9.59 Å². The molecule has 0 spiro atoms. The molecule has 3 rings (SSSR count). The first-order valence-electron chi connectivity index (χ1n) is 7.21. The van der Waals surface area contributed by atoms with Crippen LogP contribution in [0.5, 0.6) is 5.75 Å². The van der Waals surface area contributed by atoms with Gasteiger partial charge in [0, 0.05) is 6.54 Å². The number of benzene rings is 1. The summed E-state index contributed by atoms with van der Waals surface area (Å²) in [6.07, 6.45) is -0.726. The van der Waals surface area contributed by atoms with Crippen LogP contribution in [-0.4, -0.2) is 59.7 Å². The van der Waals surface area contributed by atoms with Crippen molar-refractivity contribution in [3.8, 4) is 5.75 Å². The molecule has 0 radical (unpaired) electrons. The van der Waals surface area contributed by atoms with E-state index in [4.69, 9.17) is 9.47 Å². The highest BCUT2D eigenvalue weighted by molar-refractivity contribution is 6.04. The van der Waals surface area contributed by atoms with Crippen molar-refractivity contribution in [1.82, 2.24) is 4.90 Å². The van der Waals surface area contributed by atoms with E-state index in [-0.39, 0.29) is 37.0 Å². The van der Waals surface area contributed by atoms with Gasteiger partial charge in [-0.25, -0.2) is 4.79 Å².